The zero-order chi connectivity index (χ0) is 14.7. The molecule has 0 aliphatic carbocycles. The van der Waals surface area contributed by atoms with Gasteiger partial charge in [-0.3, -0.25) is 0 Å². The van der Waals surface area contributed by atoms with Crippen LogP contribution in [0, 0.1) is 5.82 Å². The zero-order valence-corrected chi connectivity index (χ0v) is 12.6. The van der Waals surface area contributed by atoms with Crippen LogP contribution in [-0.4, -0.2) is 6.10 Å². The summed E-state index contributed by atoms with van der Waals surface area (Å²) in [5, 5.41) is 5.31. The summed E-state index contributed by atoms with van der Waals surface area (Å²) in [6, 6.07) is 7.07. The van der Waals surface area contributed by atoms with Crippen LogP contribution in [0.4, 0.5) is 15.8 Å². The second-order valence-electron chi connectivity index (χ2n) is 4.92. The summed E-state index contributed by atoms with van der Waals surface area (Å²) in [6.45, 7) is 5.76. The van der Waals surface area contributed by atoms with Gasteiger partial charge in [0.25, 0.3) is 0 Å². The summed E-state index contributed by atoms with van der Waals surface area (Å²) < 4.78 is 19.2. The topological polar surface area (TPSA) is 47.3 Å². The normalized spacial score (nSPS) is 12.4. The van der Waals surface area contributed by atoms with Gasteiger partial charge in [0, 0.05) is 17.0 Å². The minimum atomic E-state index is -0.439. The molecule has 0 radical (unpaired) electrons. The van der Waals surface area contributed by atoms with Crippen LogP contribution in [0.1, 0.15) is 31.7 Å². The molecule has 108 valence electrons. The number of ether oxygens (including phenoxy) is 1. The van der Waals surface area contributed by atoms with Gasteiger partial charge in [0.05, 0.1) is 23.5 Å². The van der Waals surface area contributed by atoms with Crippen molar-refractivity contribution in [1.29, 1.82) is 0 Å². The third kappa shape index (κ3) is 3.42. The Kier molecular flexibility index (Phi) is 4.49. The van der Waals surface area contributed by atoms with Gasteiger partial charge in [0.1, 0.15) is 0 Å². The largest absolute Gasteiger partial charge is 0.488 e. The Hall–Kier alpha value is -1.75. The highest BCUT2D eigenvalue weighted by Crippen LogP contribution is 2.32. The number of halogens is 1. The molecule has 1 aromatic heterocycles. The van der Waals surface area contributed by atoms with Gasteiger partial charge in [-0.2, -0.15) is 0 Å². The van der Waals surface area contributed by atoms with Gasteiger partial charge in [-0.1, -0.05) is 6.07 Å². The highest BCUT2D eigenvalue weighted by Gasteiger charge is 2.13. The van der Waals surface area contributed by atoms with Crippen molar-refractivity contribution in [3.8, 4) is 5.75 Å². The molecule has 5 heteroatoms. The third-order valence-electron chi connectivity index (χ3n) is 2.81. The molecule has 0 spiro atoms. The smallest absolute Gasteiger partial charge is 0.167 e. The van der Waals surface area contributed by atoms with Gasteiger partial charge in [-0.05, 0) is 32.2 Å². The number of nitrogen functional groups attached to an aromatic ring is 1. The Balaban J connectivity index is 2.22. The molecule has 0 saturated carbocycles. The van der Waals surface area contributed by atoms with E-state index in [2.05, 4.69) is 5.32 Å². The van der Waals surface area contributed by atoms with Gasteiger partial charge in [-0.15, -0.1) is 11.3 Å². The lowest BCUT2D eigenvalue weighted by molar-refractivity contribution is 0.231. The maximum atomic E-state index is 13.8. The number of hydrogen-bond acceptors (Lipinski definition) is 4. The second-order valence-corrected chi connectivity index (χ2v) is 5.90. The van der Waals surface area contributed by atoms with Crippen LogP contribution in [0.15, 0.2) is 29.6 Å². The van der Waals surface area contributed by atoms with Crippen molar-refractivity contribution in [2.24, 2.45) is 0 Å². The predicted molar refractivity (Wildman–Crippen MR) is 82.9 cm³/mol. The quantitative estimate of drug-likeness (QED) is 0.802. The first kappa shape index (κ1) is 14.7. The molecule has 0 amide bonds. The molecular weight excluding hydrogens is 275 g/mol. The first-order valence-corrected chi connectivity index (χ1v) is 7.41. The molecule has 0 fully saturated rings. The number of nitrogens with two attached hydrogens (primary N) is 1. The highest BCUT2D eigenvalue weighted by atomic mass is 32.1. The lowest BCUT2D eigenvalue weighted by Crippen LogP contribution is -2.10. The Bertz CT molecular complexity index is 570. The lowest BCUT2D eigenvalue weighted by atomic mass is 10.2. The molecule has 1 heterocycles. The van der Waals surface area contributed by atoms with Crippen LogP contribution in [-0.2, 0) is 0 Å². The van der Waals surface area contributed by atoms with Crippen molar-refractivity contribution < 1.29 is 9.13 Å². The summed E-state index contributed by atoms with van der Waals surface area (Å²) in [5.74, 6) is -0.222. The predicted octanol–water partition coefficient (Wildman–Crippen LogP) is 4.43. The molecule has 3 N–H and O–H groups in total. The van der Waals surface area contributed by atoms with Crippen LogP contribution in [0.3, 0.4) is 0 Å². The average Bonchev–Trinajstić information content (AvgIpc) is 2.88. The summed E-state index contributed by atoms with van der Waals surface area (Å²) in [6.07, 6.45) is -0.0873. The van der Waals surface area contributed by atoms with Gasteiger partial charge < -0.3 is 15.8 Å². The molecule has 0 aliphatic rings. The van der Waals surface area contributed by atoms with E-state index in [0.717, 1.165) is 0 Å². The Morgan fingerprint density at radius 2 is 2.05 bits per heavy atom. The molecule has 3 nitrogen and oxygen atoms in total. The zero-order valence-electron chi connectivity index (χ0n) is 11.8. The first-order valence-electron chi connectivity index (χ1n) is 6.53. The van der Waals surface area contributed by atoms with E-state index in [1.54, 1.807) is 17.4 Å². The van der Waals surface area contributed by atoms with E-state index in [0.29, 0.717) is 11.4 Å². The second kappa shape index (κ2) is 6.13. The highest BCUT2D eigenvalue weighted by molar-refractivity contribution is 7.10. The van der Waals surface area contributed by atoms with E-state index in [4.69, 9.17) is 10.5 Å². The molecule has 1 aromatic carbocycles. The van der Waals surface area contributed by atoms with Gasteiger partial charge in [0.2, 0.25) is 0 Å². The fourth-order valence-corrected chi connectivity index (χ4v) is 2.61. The molecular formula is C15H19FN2OS. The summed E-state index contributed by atoms with van der Waals surface area (Å²) in [5.41, 5.74) is 6.93. The minimum Gasteiger partial charge on any atom is -0.488 e. The van der Waals surface area contributed by atoms with E-state index < -0.39 is 5.82 Å². The van der Waals surface area contributed by atoms with E-state index >= 15 is 0 Å². The number of rotatable bonds is 5. The van der Waals surface area contributed by atoms with Gasteiger partial charge >= 0.3 is 0 Å². The van der Waals surface area contributed by atoms with Gasteiger partial charge in [0.15, 0.2) is 11.6 Å². The number of thiophene rings is 1. The molecule has 1 atom stereocenters. The molecule has 2 aromatic rings. The monoisotopic (exact) mass is 294 g/mol. The molecule has 2 rings (SSSR count). The summed E-state index contributed by atoms with van der Waals surface area (Å²) >= 11 is 1.67. The Labute approximate surface area is 122 Å². The van der Waals surface area contributed by atoms with Gasteiger partial charge in [-0.25, -0.2) is 4.39 Å². The third-order valence-corrected chi connectivity index (χ3v) is 3.86. The first-order chi connectivity index (χ1) is 9.47. The van der Waals surface area contributed by atoms with Crippen molar-refractivity contribution >= 4 is 22.7 Å². The maximum Gasteiger partial charge on any atom is 0.167 e. The van der Waals surface area contributed by atoms with E-state index in [-0.39, 0.29) is 17.9 Å². The van der Waals surface area contributed by atoms with Crippen molar-refractivity contribution in [1.82, 2.24) is 0 Å². The fraction of sp³-hybridized carbons (Fsp3) is 0.333. The van der Waals surface area contributed by atoms with E-state index in [9.17, 15) is 4.39 Å². The van der Waals surface area contributed by atoms with Crippen LogP contribution in [0.5, 0.6) is 5.75 Å². The minimum absolute atomic E-state index is 0.0873. The van der Waals surface area contributed by atoms with Crippen molar-refractivity contribution in [2.45, 2.75) is 32.9 Å². The summed E-state index contributed by atoms with van der Waals surface area (Å²) in [7, 11) is 0. The lowest BCUT2D eigenvalue weighted by Gasteiger charge is -2.18. The molecule has 0 bridgehead atoms. The standard InChI is InChI=1S/C15H19FN2OS/c1-9(2)19-14-8-13(12(17)7-11(14)16)18-10(3)15-5-4-6-20-15/h4-10,18H,17H2,1-3H3. The number of hydrogen-bond donors (Lipinski definition) is 2. The molecule has 0 saturated heterocycles. The summed E-state index contributed by atoms with van der Waals surface area (Å²) in [4.78, 5) is 1.19. The van der Waals surface area contributed by atoms with Crippen LogP contribution in [0.2, 0.25) is 0 Å². The van der Waals surface area contributed by atoms with Crippen LogP contribution >= 0.6 is 11.3 Å². The van der Waals surface area contributed by atoms with Crippen LogP contribution < -0.4 is 15.8 Å². The van der Waals surface area contributed by atoms with Crippen molar-refractivity contribution in [3.05, 3.63) is 40.3 Å². The van der Waals surface area contributed by atoms with Crippen molar-refractivity contribution in [3.63, 3.8) is 0 Å². The Morgan fingerprint density at radius 3 is 2.65 bits per heavy atom. The van der Waals surface area contributed by atoms with E-state index in [1.807, 2.05) is 38.3 Å². The number of nitrogens with one attached hydrogen (secondary N) is 1. The number of anilines is 2. The SMILES string of the molecule is CC(C)Oc1cc(NC(C)c2cccs2)c(N)cc1F. The average molecular weight is 294 g/mol. The Morgan fingerprint density at radius 1 is 1.30 bits per heavy atom. The van der Waals surface area contributed by atoms with Crippen molar-refractivity contribution in [2.75, 3.05) is 11.1 Å². The maximum absolute atomic E-state index is 13.8. The van der Waals surface area contributed by atoms with E-state index in [1.165, 1.54) is 10.9 Å². The fourth-order valence-electron chi connectivity index (χ4n) is 1.88. The molecule has 20 heavy (non-hydrogen) atoms. The number of benzene rings is 1. The molecule has 0 aliphatic heterocycles. The van der Waals surface area contributed by atoms with Crippen LogP contribution in [0.25, 0.3) is 0 Å². The molecule has 1 unspecified atom stereocenters.